The molecule has 0 atom stereocenters. The highest BCUT2D eigenvalue weighted by molar-refractivity contribution is 7.21. The van der Waals surface area contributed by atoms with Crippen LogP contribution in [-0.4, -0.2) is 43.6 Å². The average Bonchev–Trinajstić information content (AvgIpc) is 2.94. The second-order valence-corrected chi connectivity index (χ2v) is 6.15. The Morgan fingerprint density at radius 2 is 1.96 bits per heavy atom. The minimum absolute atomic E-state index is 0.0926. The number of amides is 1. The number of halogens is 1. The van der Waals surface area contributed by atoms with Crippen molar-refractivity contribution in [3.63, 3.8) is 0 Å². The first kappa shape index (κ1) is 18.4. The summed E-state index contributed by atoms with van der Waals surface area (Å²) in [5, 5.41) is 0.367. The van der Waals surface area contributed by atoms with Crippen LogP contribution in [0.2, 0.25) is 0 Å². The summed E-state index contributed by atoms with van der Waals surface area (Å²) in [5.41, 5.74) is 0.455. The largest absolute Gasteiger partial charge is 0.451 e. The summed E-state index contributed by atoms with van der Waals surface area (Å²) < 4.78 is 25.0. The van der Waals surface area contributed by atoms with Crippen LogP contribution in [0.3, 0.4) is 0 Å². The van der Waals surface area contributed by atoms with Crippen molar-refractivity contribution in [1.29, 1.82) is 0 Å². The molecular formula is C17H20FNO4S. The highest BCUT2D eigenvalue weighted by Crippen LogP contribution is 2.34. The van der Waals surface area contributed by atoms with Gasteiger partial charge in [0, 0.05) is 35.8 Å². The van der Waals surface area contributed by atoms with E-state index in [0.717, 1.165) is 11.3 Å². The van der Waals surface area contributed by atoms with Crippen molar-refractivity contribution in [2.75, 3.05) is 26.8 Å². The maximum absolute atomic E-state index is 14.1. The molecule has 130 valence electrons. The number of methoxy groups -OCH3 is 1. The highest BCUT2D eigenvalue weighted by Gasteiger charge is 2.23. The Morgan fingerprint density at radius 1 is 1.25 bits per heavy atom. The van der Waals surface area contributed by atoms with E-state index in [2.05, 4.69) is 0 Å². The molecule has 1 amide bonds. The van der Waals surface area contributed by atoms with Crippen LogP contribution in [0, 0.1) is 5.82 Å². The van der Waals surface area contributed by atoms with Gasteiger partial charge in [-0.05, 0) is 26.0 Å². The predicted molar refractivity (Wildman–Crippen MR) is 90.7 cm³/mol. The first-order chi connectivity index (χ1) is 11.5. The Balaban J connectivity index is 2.24. The number of esters is 1. The number of hydrogen-bond donors (Lipinski definition) is 0. The van der Waals surface area contributed by atoms with Gasteiger partial charge in [-0.2, -0.15) is 0 Å². The summed E-state index contributed by atoms with van der Waals surface area (Å²) in [6.45, 7) is 4.58. The number of carbonyl (C=O) groups excluding carboxylic acids is 2. The fourth-order valence-corrected chi connectivity index (χ4v) is 3.59. The molecule has 0 radical (unpaired) electrons. The van der Waals surface area contributed by atoms with Crippen LogP contribution in [0.5, 0.6) is 0 Å². The Labute approximate surface area is 144 Å². The topological polar surface area (TPSA) is 55.8 Å². The first-order valence-electron chi connectivity index (χ1n) is 7.67. The fraction of sp³-hybridized carbons (Fsp3) is 0.412. The van der Waals surface area contributed by atoms with Crippen LogP contribution >= 0.6 is 11.3 Å². The third kappa shape index (κ3) is 3.73. The van der Waals surface area contributed by atoms with Gasteiger partial charge in [0.25, 0.3) is 5.91 Å². The van der Waals surface area contributed by atoms with E-state index in [1.54, 1.807) is 17.0 Å². The van der Waals surface area contributed by atoms with Crippen molar-refractivity contribution in [1.82, 2.24) is 4.90 Å². The lowest BCUT2D eigenvalue weighted by Crippen LogP contribution is -2.34. The molecule has 0 bridgehead atoms. The monoisotopic (exact) mass is 353 g/mol. The number of ether oxygens (including phenoxy) is 2. The molecule has 0 N–H and O–H groups in total. The van der Waals surface area contributed by atoms with Gasteiger partial charge in [0.1, 0.15) is 10.7 Å². The molecule has 0 fully saturated rings. The molecule has 0 aliphatic heterocycles. The molecular weight excluding hydrogens is 333 g/mol. The number of rotatable bonds is 7. The molecule has 0 unspecified atom stereocenters. The SMILES string of the molecule is CCN(CC)C(=O)COC(=O)c1sc2cccc(F)c2c1COC. The van der Waals surface area contributed by atoms with Crippen molar-refractivity contribution in [3.8, 4) is 0 Å². The number of fused-ring (bicyclic) bond motifs is 1. The molecule has 2 rings (SSSR count). The normalized spacial score (nSPS) is 10.8. The van der Waals surface area contributed by atoms with Gasteiger partial charge in [-0.15, -0.1) is 11.3 Å². The van der Waals surface area contributed by atoms with Crippen LogP contribution in [0.25, 0.3) is 10.1 Å². The lowest BCUT2D eigenvalue weighted by atomic mass is 10.1. The predicted octanol–water partition coefficient (Wildman–Crippen LogP) is 3.21. The van der Waals surface area contributed by atoms with E-state index in [0.29, 0.717) is 28.7 Å². The number of likely N-dealkylation sites (N-methyl/N-ethyl adjacent to an activating group) is 1. The average molecular weight is 353 g/mol. The lowest BCUT2D eigenvalue weighted by Gasteiger charge is -2.18. The molecule has 5 nitrogen and oxygen atoms in total. The molecule has 1 aromatic carbocycles. The van der Waals surface area contributed by atoms with Crippen LogP contribution in [0.15, 0.2) is 18.2 Å². The van der Waals surface area contributed by atoms with E-state index >= 15 is 0 Å². The minimum atomic E-state index is -0.636. The first-order valence-corrected chi connectivity index (χ1v) is 8.48. The van der Waals surface area contributed by atoms with Crippen LogP contribution in [-0.2, 0) is 20.9 Å². The van der Waals surface area contributed by atoms with E-state index < -0.39 is 11.8 Å². The summed E-state index contributed by atoms with van der Waals surface area (Å²) in [6.07, 6.45) is 0. The molecule has 0 saturated heterocycles. The zero-order valence-electron chi connectivity index (χ0n) is 13.9. The quantitative estimate of drug-likeness (QED) is 0.717. The van der Waals surface area contributed by atoms with Gasteiger partial charge in [0.05, 0.1) is 6.61 Å². The van der Waals surface area contributed by atoms with Gasteiger partial charge < -0.3 is 14.4 Å². The summed E-state index contributed by atoms with van der Waals surface area (Å²) in [6, 6.07) is 4.66. The molecule has 0 aliphatic carbocycles. The van der Waals surface area contributed by atoms with E-state index in [4.69, 9.17) is 9.47 Å². The minimum Gasteiger partial charge on any atom is -0.451 e. The third-order valence-electron chi connectivity index (χ3n) is 3.68. The molecule has 0 aliphatic rings. The van der Waals surface area contributed by atoms with E-state index in [1.165, 1.54) is 13.2 Å². The molecule has 24 heavy (non-hydrogen) atoms. The summed E-state index contributed by atoms with van der Waals surface area (Å²) in [4.78, 5) is 26.2. The second-order valence-electron chi connectivity index (χ2n) is 5.10. The van der Waals surface area contributed by atoms with Crippen molar-refractivity contribution < 1.29 is 23.5 Å². The van der Waals surface area contributed by atoms with Crippen LogP contribution in [0.1, 0.15) is 29.1 Å². The van der Waals surface area contributed by atoms with Gasteiger partial charge in [-0.1, -0.05) is 6.07 Å². The highest BCUT2D eigenvalue weighted by atomic mass is 32.1. The second kappa shape index (κ2) is 8.21. The number of thiophene rings is 1. The third-order valence-corrected chi connectivity index (χ3v) is 4.86. The van der Waals surface area contributed by atoms with Crippen molar-refractivity contribution in [2.24, 2.45) is 0 Å². The van der Waals surface area contributed by atoms with Crippen molar-refractivity contribution in [2.45, 2.75) is 20.5 Å². The Hall–Kier alpha value is -1.99. The summed E-state index contributed by atoms with van der Waals surface area (Å²) >= 11 is 1.14. The van der Waals surface area contributed by atoms with Gasteiger partial charge >= 0.3 is 5.97 Å². The molecule has 2 aromatic rings. The summed E-state index contributed by atoms with van der Waals surface area (Å²) in [5.74, 6) is -1.30. The molecule has 0 saturated carbocycles. The van der Waals surface area contributed by atoms with Gasteiger partial charge in [-0.25, -0.2) is 9.18 Å². The number of hydrogen-bond acceptors (Lipinski definition) is 5. The Morgan fingerprint density at radius 3 is 2.58 bits per heavy atom. The van der Waals surface area contributed by atoms with Crippen molar-refractivity contribution in [3.05, 3.63) is 34.5 Å². The van der Waals surface area contributed by atoms with Crippen LogP contribution < -0.4 is 0 Å². The maximum atomic E-state index is 14.1. The lowest BCUT2D eigenvalue weighted by molar-refractivity contribution is -0.134. The van der Waals surface area contributed by atoms with Gasteiger partial charge in [0.2, 0.25) is 0 Å². The van der Waals surface area contributed by atoms with Crippen LogP contribution in [0.4, 0.5) is 4.39 Å². The van der Waals surface area contributed by atoms with Gasteiger partial charge in [0.15, 0.2) is 6.61 Å². The summed E-state index contributed by atoms with van der Waals surface area (Å²) in [7, 11) is 1.48. The smallest absolute Gasteiger partial charge is 0.349 e. The fourth-order valence-electron chi connectivity index (χ4n) is 2.47. The molecule has 0 spiro atoms. The zero-order chi connectivity index (χ0) is 17.7. The Kier molecular flexibility index (Phi) is 6.28. The van der Waals surface area contributed by atoms with E-state index in [9.17, 15) is 14.0 Å². The molecule has 1 heterocycles. The van der Waals surface area contributed by atoms with E-state index in [1.807, 2.05) is 13.8 Å². The van der Waals surface area contributed by atoms with Crippen molar-refractivity contribution >= 4 is 33.3 Å². The van der Waals surface area contributed by atoms with E-state index in [-0.39, 0.29) is 24.0 Å². The molecule has 1 aromatic heterocycles. The standard InChI is InChI=1S/C17H20FNO4S/c1-4-19(5-2)14(20)10-23-17(21)16-11(9-22-3)15-12(18)7-6-8-13(15)24-16/h6-8H,4-5,9-10H2,1-3H3. The number of carbonyl (C=O) groups is 2. The number of nitrogens with zero attached hydrogens (tertiary/aromatic N) is 1. The molecule has 7 heteroatoms. The number of benzene rings is 1. The maximum Gasteiger partial charge on any atom is 0.349 e. The zero-order valence-corrected chi connectivity index (χ0v) is 14.7. The van der Waals surface area contributed by atoms with Gasteiger partial charge in [-0.3, -0.25) is 4.79 Å². The Bertz CT molecular complexity index is 740.